The van der Waals surface area contributed by atoms with Crippen molar-refractivity contribution < 1.29 is 18.3 Å². The van der Waals surface area contributed by atoms with Crippen molar-refractivity contribution in [2.24, 2.45) is 10.1 Å². The fraction of sp³-hybridized carbons (Fsp3) is 0.381. The van der Waals surface area contributed by atoms with Crippen LogP contribution < -0.4 is 20.5 Å². The van der Waals surface area contributed by atoms with Crippen molar-refractivity contribution in [2.75, 3.05) is 13.1 Å². The van der Waals surface area contributed by atoms with Crippen molar-refractivity contribution in [1.82, 2.24) is 10.6 Å². The zero-order chi connectivity index (χ0) is 22.1. The summed E-state index contributed by atoms with van der Waals surface area (Å²) >= 11 is 0. The Morgan fingerprint density at radius 3 is 2.27 bits per heavy atom. The van der Waals surface area contributed by atoms with Crippen LogP contribution in [0.1, 0.15) is 38.0 Å². The fourth-order valence-corrected chi connectivity index (χ4v) is 3.16. The van der Waals surface area contributed by atoms with Crippen LogP contribution in [0.2, 0.25) is 0 Å². The molecule has 0 fully saturated rings. The standard InChI is InChI=1S/C21H30N4O4S/c1-4-23-21(24-13-16-5-11-19(12-6-16)30(22,27)28)25-14-20(26)17-7-9-18(10-8-17)29-15(2)3/h5-12,15,20,26H,4,13-14H2,1-3H3,(H2,22,27,28)(H2,23,24,25). The van der Waals surface area contributed by atoms with Gasteiger partial charge >= 0.3 is 0 Å². The molecule has 1 atom stereocenters. The molecule has 0 amide bonds. The summed E-state index contributed by atoms with van der Waals surface area (Å²) in [5.41, 5.74) is 1.61. The van der Waals surface area contributed by atoms with Crippen LogP contribution in [-0.2, 0) is 16.6 Å². The van der Waals surface area contributed by atoms with Gasteiger partial charge in [-0.15, -0.1) is 0 Å². The minimum absolute atomic E-state index is 0.0631. The molecule has 0 aliphatic heterocycles. The highest BCUT2D eigenvalue weighted by Crippen LogP contribution is 2.18. The second-order valence-corrected chi connectivity index (χ2v) is 8.58. The summed E-state index contributed by atoms with van der Waals surface area (Å²) < 4.78 is 28.3. The quantitative estimate of drug-likeness (QED) is 0.353. The number of aliphatic imine (C=N–C) groups is 1. The first-order chi connectivity index (χ1) is 14.2. The first-order valence-corrected chi connectivity index (χ1v) is 11.3. The van der Waals surface area contributed by atoms with E-state index in [0.29, 0.717) is 19.0 Å². The van der Waals surface area contributed by atoms with Gasteiger partial charge in [-0.1, -0.05) is 24.3 Å². The van der Waals surface area contributed by atoms with Crippen LogP contribution >= 0.6 is 0 Å². The molecule has 9 heteroatoms. The van der Waals surface area contributed by atoms with Gasteiger partial charge in [0.15, 0.2) is 5.96 Å². The summed E-state index contributed by atoms with van der Waals surface area (Å²) in [6.45, 7) is 7.15. The van der Waals surface area contributed by atoms with Crippen LogP contribution in [0.5, 0.6) is 5.75 Å². The molecule has 1 unspecified atom stereocenters. The minimum Gasteiger partial charge on any atom is -0.491 e. The maximum atomic E-state index is 11.3. The Morgan fingerprint density at radius 1 is 1.10 bits per heavy atom. The molecular formula is C21H30N4O4S. The van der Waals surface area contributed by atoms with Crippen LogP contribution in [0.3, 0.4) is 0 Å². The van der Waals surface area contributed by atoms with Gasteiger partial charge in [0.05, 0.1) is 23.6 Å². The highest BCUT2D eigenvalue weighted by molar-refractivity contribution is 7.89. The first-order valence-electron chi connectivity index (χ1n) is 9.77. The van der Waals surface area contributed by atoms with Gasteiger partial charge in [0.25, 0.3) is 0 Å². The molecule has 0 aliphatic carbocycles. The third-order valence-corrected chi connectivity index (χ3v) is 5.04. The molecule has 2 rings (SSSR count). The highest BCUT2D eigenvalue weighted by Gasteiger charge is 2.10. The molecular weight excluding hydrogens is 404 g/mol. The van der Waals surface area contributed by atoms with Crippen molar-refractivity contribution in [2.45, 2.75) is 44.4 Å². The molecule has 30 heavy (non-hydrogen) atoms. The van der Waals surface area contributed by atoms with E-state index >= 15 is 0 Å². The number of sulfonamides is 1. The van der Waals surface area contributed by atoms with E-state index in [1.165, 1.54) is 12.1 Å². The SMILES string of the molecule is CCNC(=NCc1ccc(S(N)(=O)=O)cc1)NCC(O)c1ccc(OC(C)C)cc1. The fourth-order valence-electron chi connectivity index (χ4n) is 2.65. The van der Waals surface area contributed by atoms with E-state index in [1.54, 1.807) is 12.1 Å². The third kappa shape index (κ3) is 7.66. The largest absolute Gasteiger partial charge is 0.491 e. The molecule has 0 radical (unpaired) electrons. The van der Waals surface area contributed by atoms with Crippen molar-refractivity contribution in [3.8, 4) is 5.75 Å². The number of aliphatic hydroxyl groups is 1. The number of ether oxygens (including phenoxy) is 1. The lowest BCUT2D eigenvalue weighted by Gasteiger charge is -2.16. The van der Waals surface area contributed by atoms with Crippen LogP contribution in [0.25, 0.3) is 0 Å². The predicted molar refractivity (Wildman–Crippen MR) is 118 cm³/mol. The summed E-state index contributed by atoms with van der Waals surface area (Å²) in [5, 5.41) is 21.8. The number of primary sulfonamides is 1. The van der Waals surface area contributed by atoms with E-state index in [9.17, 15) is 13.5 Å². The number of nitrogens with zero attached hydrogens (tertiary/aromatic N) is 1. The Hall–Kier alpha value is -2.62. The van der Waals surface area contributed by atoms with Gasteiger partial charge in [0.1, 0.15) is 5.75 Å². The number of rotatable bonds is 9. The molecule has 164 valence electrons. The molecule has 0 heterocycles. The Bertz CT molecular complexity index is 926. The summed E-state index contributed by atoms with van der Waals surface area (Å²) in [5.74, 6) is 1.31. The van der Waals surface area contributed by atoms with Crippen molar-refractivity contribution >= 4 is 16.0 Å². The second-order valence-electron chi connectivity index (χ2n) is 7.02. The van der Waals surface area contributed by atoms with Gasteiger partial charge in [-0.3, -0.25) is 0 Å². The van der Waals surface area contributed by atoms with Crippen LogP contribution in [0.4, 0.5) is 0 Å². The number of aliphatic hydroxyl groups excluding tert-OH is 1. The van der Waals surface area contributed by atoms with E-state index < -0.39 is 16.1 Å². The third-order valence-electron chi connectivity index (χ3n) is 4.12. The molecule has 8 nitrogen and oxygen atoms in total. The molecule has 0 bridgehead atoms. The van der Waals surface area contributed by atoms with Gasteiger partial charge in [0.2, 0.25) is 10.0 Å². The maximum absolute atomic E-state index is 11.3. The molecule has 0 saturated heterocycles. The van der Waals surface area contributed by atoms with E-state index in [1.807, 2.05) is 45.0 Å². The topological polar surface area (TPSA) is 126 Å². The van der Waals surface area contributed by atoms with Gasteiger partial charge < -0.3 is 20.5 Å². The van der Waals surface area contributed by atoms with E-state index in [0.717, 1.165) is 16.9 Å². The van der Waals surface area contributed by atoms with Gasteiger partial charge in [0, 0.05) is 13.1 Å². The summed E-state index contributed by atoms with van der Waals surface area (Å²) in [6, 6.07) is 13.6. The normalized spacial score (nSPS) is 13.2. The number of benzene rings is 2. The lowest BCUT2D eigenvalue weighted by molar-refractivity contribution is 0.180. The smallest absolute Gasteiger partial charge is 0.238 e. The molecule has 5 N–H and O–H groups in total. The number of nitrogens with one attached hydrogen (secondary N) is 2. The van der Waals surface area contributed by atoms with Gasteiger partial charge in [-0.05, 0) is 56.2 Å². The van der Waals surface area contributed by atoms with Crippen LogP contribution in [-0.4, -0.2) is 38.7 Å². The Morgan fingerprint density at radius 2 is 1.73 bits per heavy atom. The molecule has 2 aromatic carbocycles. The summed E-state index contributed by atoms with van der Waals surface area (Å²) in [4.78, 5) is 4.53. The highest BCUT2D eigenvalue weighted by atomic mass is 32.2. The van der Waals surface area contributed by atoms with Crippen LogP contribution in [0, 0.1) is 0 Å². The lowest BCUT2D eigenvalue weighted by Crippen LogP contribution is -2.39. The van der Waals surface area contributed by atoms with Gasteiger partial charge in [-0.2, -0.15) is 0 Å². The first kappa shape index (κ1) is 23.7. The Kier molecular flexibility index (Phi) is 8.64. The zero-order valence-corrected chi connectivity index (χ0v) is 18.3. The number of nitrogens with two attached hydrogens (primary N) is 1. The van der Waals surface area contributed by atoms with Crippen molar-refractivity contribution in [3.05, 3.63) is 59.7 Å². The average molecular weight is 435 g/mol. The zero-order valence-electron chi connectivity index (χ0n) is 17.5. The maximum Gasteiger partial charge on any atom is 0.238 e. The number of guanidine groups is 1. The number of hydrogen-bond acceptors (Lipinski definition) is 5. The molecule has 0 aliphatic rings. The van der Waals surface area contributed by atoms with Gasteiger partial charge in [-0.25, -0.2) is 18.5 Å². The number of hydrogen-bond donors (Lipinski definition) is 4. The second kappa shape index (κ2) is 11.0. The summed E-state index contributed by atoms with van der Waals surface area (Å²) in [7, 11) is -3.71. The Labute approximate surface area is 178 Å². The Balaban J connectivity index is 1.95. The minimum atomic E-state index is -3.71. The predicted octanol–water partition coefficient (Wildman–Crippen LogP) is 1.91. The van der Waals surface area contributed by atoms with Crippen LogP contribution in [0.15, 0.2) is 58.4 Å². The average Bonchev–Trinajstić information content (AvgIpc) is 2.69. The molecule has 0 aromatic heterocycles. The van der Waals surface area contributed by atoms with E-state index in [4.69, 9.17) is 9.88 Å². The van der Waals surface area contributed by atoms with Crippen molar-refractivity contribution in [1.29, 1.82) is 0 Å². The monoisotopic (exact) mass is 434 g/mol. The van der Waals surface area contributed by atoms with Crippen molar-refractivity contribution in [3.63, 3.8) is 0 Å². The molecule has 0 spiro atoms. The molecule has 0 saturated carbocycles. The summed E-state index contributed by atoms with van der Waals surface area (Å²) in [6.07, 6.45) is -0.617. The lowest BCUT2D eigenvalue weighted by atomic mass is 10.1. The van der Waals surface area contributed by atoms with E-state index in [2.05, 4.69) is 15.6 Å². The molecule has 2 aromatic rings. The van der Waals surface area contributed by atoms with E-state index in [-0.39, 0.29) is 17.5 Å².